The van der Waals surface area contributed by atoms with Gasteiger partial charge in [0.25, 0.3) is 0 Å². The largest absolute Gasteiger partial charge is 0.311 e. The van der Waals surface area contributed by atoms with E-state index in [0.29, 0.717) is 6.10 Å². The topological polar surface area (TPSA) is 12.5 Å². The van der Waals surface area contributed by atoms with Crippen LogP contribution in [-0.2, 0) is 3.07 Å². The van der Waals surface area contributed by atoms with Crippen LogP contribution in [0, 0.1) is 5.92 Å². The zero-order valence-electron chi connectivity index (χ0n) is 7.50. The van der Waals surface area contributed by atoms with Gasteiger partial charge in [-0.3, -0.25) is 0 Å². The van der Waals surface area contributed by atoms with Crippen LogP contribution in [0.2, 0.25) is 0 Å². The van der Waals surface area contributed by atoms with Crippen molar-refractivity contribution in [1.82, 2.24) is 4.90 Å². The molecule has 0 radical (unpaired) electrons. The second-order valence-electron chi connectivity index (χ2n) is 4.08. The van der Waals surface area contributed by atoms with Gasteiger partial charge in [0.05, 0.1) is 6.10 Å². The van der Waals surface area contributed by atoms with Gasteiger partial charge in [0.15, 0.2) is 0 Å². The van der Waals surface area contributed by atoms with Crippen molar-refractivity contribution in [1.29, 1.82) is 0 Å². The van der Waals surface area contributed by atoms with Crippen molar-refractivity contribution in [3.8, 4) is 0 Å². The summed E-state index contributed by atoms with van der Waals surface area (Å²) in [4.78, 5) is 2.48. The van der Waals surface area contributed by atoms with E-state index < -0.39 is 0 Å². The summed E-state index contributed by atoms with van der Waals surface area (Å²) in [7, 11) is 2.23. The molecule has 2 fully saturated rings. The van der Waals surface area contributed by atoms with Crippen molar-refractivity contribution in [3.05, 3.63) is 0 Å². The summed E-state index contributed by atoms with van der Waals surface area (Å²) in [6, 6.07) is 0.718. The van der Waals surface area contributed by atoms with Crippen molar-refractivity contribution in [2.24, 2.45) is 5.92 Å². The Hall–Kier alpha value is 0.650. The lowest BCUT2D eigenvalue weighted by Crippen LogP contribution is -2.43. The monoisotopic (exact) mass is 281 g/mol. The third-order valence-electron chi connectivity index (χ3n) is 3.40. The SMILES string of the molecule is CN1CCC2CCCC(OI)C21. The number of halogens is 1. The van der Waals surface area contributed by atoms with E-state index in [1.807, 2.05) is 0 Å². The number of likely N-dealkylation sites (tertiary alicyclic amines) is 1. The molecule has 0 aromatic carbocycles. The Morgan fingerprint density at radius 3 is 2.92 bits per heavy atom. The van der Waals surface area contributed by atoms with Crippen LogP contribution >= 0.6 is 23.0 Å². The Morgan fingerprint density at radius 2 is 2.17 bits per heavy atom. The third kappa shape index (κ3) is 1.51. The zero-order chi connectivity index (χ0) is 8.55. The molecule has 1 heterocycles. The molecule has 12 heavy (non-hydrogen) atoms. The maximum atomic E-state index is 5.50. The molecule has 1 saturated carbocycles. The van der Waals surface area contributed by atoms with Crippen molar-refractivity contribution in [2.75, 3.05) is 13.6 Å². The molecular formula is C9H16INO. The molecule has 0 spiro atoms. The number of fused-ring (bicyclic) bond motifs is 1. The number of nitrogens with zero attached hydrogens (tertiary/aromatic N) is 1. The summed E-state index contributed by atoms with van der Waals surface area (Å²) < 4.78 is 5.50. The van der Waals surface area contributed by atoms with Crippen LogP contribution in [0.4, 0.5) is 0 Å². The summed E-state index contributed by atoms with van der Waals surface area (Å²) in [5.74, 6) is 0.920. The first-order chi connectivity index (χ1) is 5.83. The fourth-order valence-electron chi connectivity index (χ4n) is 2.80. The Balaban J connectivity index is 2.07. The van der Waals surface area contributed by atoms with Gasteiger partial charge in [-0.1, -0.05) is 6.42 Å². The summed E-state index contributed by atoms with van der Waals surface area (Å²) in [6.07, 6.45) is 5.93. The van der Waals surface area contributed by atoms with Gasteiger partial charge in [0.1, 0.15) is 23.0 Å². The van der Waals surface area contributed by atoms with E-state index in [0.717, 1.165) is 12.0 Å². The molecule has 0 bridgehead atoms. The van der Waals surface area contributed by atoms with Crippen LogP contribution < -0.4 is 0 Å². The molecule has 2 rings (SSSR count). The van der Waals surface area contributed by atoms with Gasteiger partial charge >= 0.3 is 0 Å². The molecule has 70 valence electrons. The molecule has 2 aliphatic rings. The first kappa shape index (κ1) is 9.21. The molecular weight excluding hydrogens is 265 g/mol. The molecule has 3 unspecified atom stereocenters. The van der Waals surface area contributed by atoms with Gasteiger partial charge in [0, 0.05) is 6.04 Å². The molecule has 0 aromatic rings. The number of likely N-dealkylation sites (N-methyl/N-ethyl adjacent to an activating group) is 1. The normalized spacial score (nSPS) is 43.0. The lowest BCUT2D eigenvalue weighted by molar-refractivity contribution is 0.0837. The Labute approximate surface area is 88.3 Å². The Morgan fingerprint density at radius 1 is 1.33 bits per heavy atom. The van der Waals surface area contributed by atoms with Crippen LogP contribution in [0.25, 0.3) is 0 Å². The smallest absolute Gasteiger partial charge is 0.110 e. The fourth-order valence-corrected chi connectivity index (χ4v) is 3.36. The Kier molecular flexibility index (Phi) is 2.92. The first-order valence-corrected chi connectivity index (χ1v) is 5.68. The van der Waals surface area contributed by atoms with Gasteiger partial charge in [0.2, 0.25) is 0 Å². The summed E-state index contributed by atoms with van der Waals surface area (Å²) in [5, 5.41) is 0. The van der Waals surface area contributed by atoms with Crippen molar-refractivity contribution < 1.29 is 3.07 Å². The number of rotatable bonds is 1. The van der Waals surface area contributed by atoms with E-state index in [9.17, 15) is 0 Å². The third-order valence-corrected chi connectivity index (χ3v) is 4.06. The summed E-state index contributed by atoms with van der Waals surface area (Å²) in [6.45, 7) is 1.27. The minimum atomic E-state index is 0.497. The summed E-state index contributed by atoms with van der Waals surface area (Å²) in [5.41, 5.74) is 0. The lowest BCUT2D eigenvalue weighted by Gasteiger charge is -2.35. The highest BCUT2D eigenvalue weighted by molar-refractivity contribution is 14.1. The molecule has 3 heteroatoms. The maximum Gasteiger partial charge on any atom is 0.110 e. The average molecular weight is 281 g/mol. The van der Waals surface area contributed by atoms with E-state index >= 15 is 0 Å². The van der Waals surface area contributed by atoms with Crippen LogP contribution in [0.5, 0.6) is 0 Å². The molecule has 2 nitrogen and oxygen atoms in total. The van der Waals surface area contributed by atoms with Crippen LogP contribution in [0.3, 0.4) is 0 Å². The predicted octanol–water partition coefficient (Wildman–Crippen LogP) is 2.23. The Bertz CT molecular complexity index is 163. The van der Waals surface area contributed by atoms with Gasteiger partial charge in [-0.2, -0.15) is 0 Å². The van der Waals surface area contributed by atoms with Crippen molar-refractivity contribution >= 4 is 23.0 Å². The predicted molar refractivity (Wildman–Crippen MR) is 57.3 cm³/mol. The highest BCUT2D eigenvalue weighted by Crippen LogP contribution is 2.37. The van der Waals surface area contributed by atoms with Gasteiger partial charge in [-0.15, -0.1) is 0 Å². The molecule has 1 aliphatic heterocycles. The van der Waals surface area contributed by atoms with Crippen molar-refractivity contribution in [3.63, 3.8) is 0 Å². The quantitative estimate of drug-likeness (QED) is 0.683. The minimum Gasteiger partial charge on any atom is -0.311 e. The first-order valence-electron chi connectivity index (χ1n) is 4.80. The zero-order valence-corrected chi connectivity index (χ0v) is 9.66. The standard InChI is InChI=1S/C9H16INO/c1-11-6-5-7-3-2-4-8(12-10)9(7)11/h7-9H,2-6H2,1H3. The highest BCUT2D eigenvalue weighted by atomic mass is 127. The van der Waals surface area contributed by atoms with Gasteiger partial charge in [-0.05, 0) is 38.8 Å². The lowest BCUT2D eigenvalue weighted by atomic mass is 9.83. The average Bonchev–Trinajstić information content (AvgIpc) is 2.48. The van der Waals surface area contributed by atoms with E-state index in [4.69, 9.17) is 3.07 Å². The minimum absolute atomic E-state index is 0.497. The maximum absolute atomic E-state index is 5.50. The number of hydrogen-bond donors (Lipinski definition) is 0. The molecule has 3 atom stereocenters. The van der Waals surface area contributed by atoms with Crippen LogP contribution in [0.1, 0.15) is 25.7 Å². The van der Waals surface area contributed by atoms with E-state index in [1.165, 1.54) is 32.2 Å². The molecule has 1 saturated heterocycles. The van der Waals surface area contributed by atoms with Crippen LogP contribution in [-0.4, -0.2) is 30.6 Å². The van der Waals surface area contributed by atoms with E-state index in [-0.39, 0.29) is 0 Å². The highest BCUT2D eigenvalue weighted by Gasteiger charge is 2.40. The molecule has 0 N–H and O–H groups in total. The fraction of sp³-hybridized carbons (Fsp3) is 1.00. The van der Waals surface area contributed by atoms with E-state index in [1.54, 1.807) is 0 Å². The second kappa shape index (κ2) is 3.80. The van der Waals surface area contributed by atoms with Gasteiger partial charge < -0.3 is 7.97 Å². The molecule has 0 aromatic heterocycles. The molecule has 0 amide bonds. The number of hydrogen-bond acceptors (Lipinski definition) is 2. The molecule has 1 aliphatic carbocycles. The summed E-state index contributed by atoms with van der Waals surface area (Å²) >= 11 is 2.07. The van der Waals surface area contributed by atoms with Gasteiger partial charge in [-0.25, -0.2) is 0 Å². The van der Waals surface area contributed by atoms with Crippen molar-refractivity contribution in [2.45, 2.75) is 37.8 Å². The van der Waals surface area contributed by atoms with Crippen LogP contribution in [0.15, 0.2) is 0 Å². The second-order valence-corrected chi connectivity index (χ2v) is 4.59. The van der Waals surface area contributed by atoms with E-state index in [2.05, 4.69) is 35.0 Å².